The fourth-order valence-corrected chi connectivity index (χ4v) is 10.2. The van der Waals surface area contributed by atoms with Crippen LogP contribution in [0.3, 0.4) is 0 Å². The van der Waals surface area contributed by atoms with Gasteiger partial charge in [0, 0.05) is 16.4 Å². The second-order valence-corrected chi connectivity index (χ2v) is 16.3. The molecule has 1 aromatic heterocycles. The van der Waals surface area contributed by atoms with Crippen molar-refractivity contribution in [1.29, 1.82) is 0 Å². The number of benzene rings is 9. The molecule has 0 fully saturated rings. The lowest BCUT2D eigenvalue weighted by Gasteiger charge is -2.23. The van der Waals surface area contributed by atoms with Crippen LogP contribution >= 0.6 is 0 Å². The molecular formula is C55H38O. The van der Waals surface area contributed by atoms with Crippen molar-refractivity contribution in [3.05, 3.63) is 186 Å². The van der Waals surface area contributed by atoms with Crippen LogP contribution in [-0.2, 0) is 11.8 Å². The summed E-state index contributed by atoms with van der Waals surface area (Å²) in [5, 5.41) is 11.5. The molecule has 56 heavy (non-hydrogen) atoms. The topological polar surface area (TPSA) is 13.1 Å². The summed E-state index contributed by atoms with van der Waals surface area (Å²) in [6.45, 7) is 4.80. The molecule has 0 bridgehead atoms. The van der Waals surface area contributed by atoms with E-state index in [0.717, 1.165) is 24.2 Å². The van der Waals surface area contributed by atoms with Crippen molar-refractivity contribution < 1.29 is 4.42 Å². The molecule has 0 amide bonds. The monoisotopic (exact) mass is 714 g/mol. The third-order valence-corrected chi connectivity index (χ3v) is 12.9. The van der Waals surface area contributed by atoms with E-state index in [0.29, 0.717) is 0 Å². The van der Waals surface area contributed by atoms with Crippen LogP contribution in [-0.4, -0.2) is 0 Å². The molecule has 0 radical (unpaired) electrons. The van der Waals surface area contributed by atoms with Gasteiger partial charge in [0.15, 0.2) is 0 Å². The quantitative estimate of drug-likeness (QED) is 0.166. The Morgan fingerprint density at radius 1 is 0.464 bits per heavy atom. The molecule has 0 aliphatic heterocycles. The van der Waals surface area contributed by atoms with E-state index >= 15 is 0 Å². The predicted octanol–water partition coefficient (Wildman–Crippen LogP) is 15.3. The first-order chi connectivity index (χ1) is 27.5. The lowest BCUT2D eigenvalue weighted by atomic mass is 9.80. The Morgan fingerprint density at radius 3 is 1.77 bits per heavy atom. The fraction of sp³-hybridized carbons (Fsp3) is 0.0909. The van der Waals surface area contributed by atoms with Gasteiger partial charge in [-0.2, -0.15) is 0 Å². The Balaban J connectivity index is 1.04. The van der Waals surface area contributed by atoms with Crippen molar-refractivity contribution in [2.24, 2.45) is 0 Å². The fourth-order valence-electron chi connectivity index (χ4n) is 10.2. The Bertz CT molecular complexity index is 3260. The van der Waals surface area contributed by atoms with Crippen LogP contribution in [0, 0.1) is 0 Å². The number of hydrogen-bond donors (Lipinski definition) is 0. The maximum Gasteiger partial charge on any atom is 0.135 e. The highest BCUT2D eigenvalue weighted by Crippen LogP contribution is 2.54. The Kier molecular flexibility index (Phi) is 6.58. The van der Waals surface area contributed by atoms with Gasteiger partial charge >= 0.3 is 0 Å². The van der Waals surface area contributed by atoms with Gasteiger partial charge in [0.05, 0.1) is 0 Å². The summed E-state index contributed by atoms with van der Waals surface area (Å²) in [7, 11) is 0. The van der Waals surface area contributed by atoms with Crippen molar-refractivity contribution >= 4 is 60.1 Å². The number of fused-ring (bicyclic) bond motifs is 12. The van der Waals surface area contributed by atoms with Crippen LogP contribution in [0.15, 0.2) is 168 Å². The third-order valence-electron chi connectivity index (χ3n) is 12.9. The molecule has 0 saturated carbocycles. The summed E-state index contributed by atoms with van der Waals surface area (Å²) in [6.07, 6.45) is 6.47. The van der Waals surface area contributed by atoms with Crippen LogP contribution in [0.5, 0.6) is 0 Å². The van der Waals surface area contributed by atoms with Gasteiger partial charge < -0.3 is 4.42 Å². The van der Waals surface area contributed by atoms with Crippen LogP contribution in [0.25, 0.3) is 105 Å². The first-order valence-corrected chi connectivity index (χ1v) is 19.9. The van der Waals surface area contributed by atoms with Gasteiger partial charge in [-0.1, -0.05) is 147 Å². The molecule has 12 rings (SSSR count). The minimum atomic E-state index is -0.153. The van der Waals surface area contributed by atoms with Crippen LogP contribution in [0.2, 0.25) is 0 Å². The molecule has 1 heterocycles. The second-order valence-electron chi connectivity index (χ2n) is 16.3. The van der Waals surface area contributed by atoms with Crippen LogP contribution < -0.4 is 0 Å². The smallest absolute Gasteiger partial charge is 0.135 e. The van der Waals surface area contributed by atoms with E-state index < -0.39 is 0 Å². The molecule has 2 aliphatic rings. The van der Waals surface area contributed by atoms with Gasteiger partial charge in [-0.15, -0.1) is 0 Å². The van der Waals surface area contributed by atoms with E-state index in [1.807, 2.05) is 0 Å². The maximum absolute atomic E-state index is 6.35. The summed E-state index contributed by atoms with van der Waals surface area (Å²) in [5.41, 5.74) is 15.3. The molecule has 1 nitrogen and oxygen atoms in total. The van der Waals surface area contributed by atoms with Crippen molar-refractivity contribution in [2.75, 3.05) is 0 Å². The summed E-state index contributed by atoms with van der Waals surface area (Å²) in [4.78, 5) is 0. The summed E-state index contributed by atoms with van der Waals surface area (Å²) >= 11 is 0. The van der Waals surface area contributed by atoms with Crippen molar-refractivity contribution in [1.82, 2.24) is 0 Å². The number of allylic oxidation sites excluding steroid dienone is 1. The van der Waals surface area contributed by atoms with Crippen LogP contribution in [0.4, 0.5) is 0 Å². The van der Waals surface area contributed by atoms with E-state index in [2.05, 4.69) is 184 Å². The van der Waals surface area contributed by atoms with Gasteiger partial charge in [0.25, 0.3) is 0 Å². The molecule has 0 spiro atoms. The number of furan rings is 1. The molecule has 1 heteroatoms. The standard InChI is InChI=1S/C55H38O/c1-55(2)47-28-26-44-43(27-29-50-54(44)46-18-10-11-19-49(46)56-50)53(47)45-25-24-38(32-48(45)55)52-41-16-8-6-14-39(41)51(40-15-7-9-17-42(40)52)37-23-22-35-30-34(20-21-36(35)31-37)33-12-4-3-5-13-33/h3-9,11-17,19-32H,10,18H2,1-2H3. The predicted molar refractivity (Wildman–Crippen MR) is 237 cm³/mol. The maximum atomic E-state index is 6.35. The number of rotatable bonds is 3. The van der Waals surface area contributed by atoms with Gasteiger partial charge in [-0.05, 0) is 148 Å². The normalized spacial score (nSPS) is 14.2. The molecule has 2 aliphatic carbocycles. The average Bonchev–Trinajstić information content (AvgIpc) is 3.74. The molecule has 0 N–H and O–H groups in total. The van der Waals surface area contributed by atoms with Gasteiger partial charge in [-0.25, -0.2) is 0 Å². The Morgan fingerprint density at radius 2 is 1.05 bits per heavy atom. The molecule has 0 saturated heterocycles. The van der Waals surface area contributed by atoms with Crippen LogP contribution in [0.1, 0.15) is 42.7 Å². The van der Waals surface area contributed by atoms with E-state index in [1.165, 1.54) is 110 Å². The molecule has 9 aromatic carbocycles. The minimum Gasteiger partial charge on any atom is -0.456 e. The molecule has 0 unspecified atom stereocenters. The molecule has 0 atom stereocenters. The zero-order valence-corrected chi connectivity index (χ0v) is 31.5. The molecule has 10 aromatic rings. The van der Waals surface area contributed by atoms with Gasteiger partial charge in [0.1, 0.15) is 11.3 Å². The average molecular weight is 715 g/mol. The molecule has 264 valence electrons. The minimum absolute atomic E-state index is 0.153. The lowest BCUT2D eigenvalue weighted by molar-refractivity contribution is 0.595. The highest BCUT2D eigenvalue weighted by Gasteiger charge is 2.37. The van der Waals surface area contributed by atoms with Gasteiger partial charge in [0.2, 0.25) is 0 Å². The zero-order valence-electron chi connectivity index (χ0n) is 31.5. The van der Waals surface area contributed by atoms with Crippen molar-refractivity contribution in [3.63, 3.8) is 0 Å². The highest BCUT2D eigenvalue weighted by atomic mass is 16.3. The van der Waals surface area contributed by atoms with E-state index in [-0.39, 0.29) is 5.41 Å². The van der Waals surface area contributed by atoms with Crippen molar-refractivity contribution in [3.8, 4) is 44.5 Å². The Hall–Kier alpha value is -6.70. The largest absolute Gasteiger partial charge is 0.456 e. The van der Waals surface area contributed by atoms with Crippen molar-refractivity contribution in [2.45, 2.75) is 32.1 Å². The first kappa shape index (κ1) is 31.6. The Labute approximate surface area is 326 Å². The van der Waals surface area contributed by atoms with E-state index in [4.69, 9.17) is 4.42 Å². The molecular weight excluding hydrogens is 677 g/mol. The second kappa shape index (κ2) is 11.7. The summed E-state index contributed by atoms with van der Waals surface area (Å²) in [5.74, 6) is 1.02. The highest BCUT2D eigenvalue weighted by molar-refractivity contribution is 6.22. The first-order valence-electron chi connectivity index (χ1n) is 19.9. The number of aryl methyl sites for hydroxylation is 1. The third kappa shape index (κ3) is 4.43. The summed E-state index contributed by atoms with van der Waals surface area (Å²) < 4.78 is 6.35. The lowest BCUT2D eigenvalue weighted by Crippen LogP contribution is -2.15. The number of hydrogen-bond acceptors (Lipinski definition) is 1. The zero-order chi connectivity index (χ0) is 37.1. The SMILES string of the molecule is CC1(C)c2cc(-c3c4ccccc4c(-c4ccc5cc(-c6ccccc6)ccc5c4)c4ccccc34)ccc2-c2c1ccc1c2ccc2oc3c(c21)CCC=C3. The summed E-state index contributed by atoms with van der Waals surface area (Å²) in [6, 6.07) is 59.0. The van der Waals surface area contributed by atoms with Gasteiger partial charge in [-0.3, -0.25) is 0 Å². The van der Waals surface area contributed by atoms with E-state index in [1.54, 1.807) is 0 Å². The van der Waals surface area contributed by atoms with E-state index in [9.17, 15) is 0 Å².